The highest BCUT2D eigenvalue weighted by molar-refractivity contribution is 5.98. The molecule has 1 fully saturated rings. The molecular weight excluding hydrogens is 394 g/mol. The number of hydrogen-bond acceptors (Lipinski definition) is 5. The van der Waals surface area contributed by atoms with Crippen LogP contribution >= 0.6 is 0 Å². The summed E-state index contributed by atoms with van der Waals surface area (Å²) in [5.74, 6) is -0.715. The first kappa shape index (κ1) is 24.9. The smallest absolute Gasteiger partial charge is 0.320 e. The van der Waals surface area contributed by atoms with Crippen LogP contribution in [0.2, 0.25) is 0 Å². The van der Waals surface area contributed by atoms with E-state index in [0.717, 1.165) is 24.2 Å². The number of amides is 2. The lowest BCUT2D eigenvalue weighted by Gasteiger charge is -2.30. The predicted molar refractivity (Wildman–Crippen MR) is 122 cm³/mol. The van der Waals surface area contributed by atoms with Crippen molar-refractivity contribution in [3.8, 4) is 0 Å². The van der Waals surface area contributed by atoms with Crippen molar-refractivity contribution < 1.29 is 19.1 Å². The van der Waals surface area contributed by atoms with Crippen LogP contribution in [0.15, 0.2) is 18.2 Å². The van der Waals surface area contributed by atoms with Gasteiger partial charge < -0.3 is 15.0 Å². The molecule has 1 aliphatic heterocycles. The van der Waals surface area contributed by atoms with E-state index in [9.17, 15) is 14.4 Å². The van der Waals surface area contributed by atoms with E-state index in [4.69, 9.17) is 4.74 Å². The van der Waals surface area contributed by atoms with Gasteiger partial charge in [0.25, 0.3) is 0 Å². The van der Waals surface area contributed by atoms with Crippen molar-refractivity contribution in [2.24, 2.45) is 5.41 Å². The first-order valence-electron chi connectivity index (χ1n) is 11.1. The Labute approximate surface area is 186 Å². The fraction of sp³-hybridized carbons (Fsp3) is 0.625. The Hall–Kier alpha value is -2.41. The fourth-order valence-electron chi connectivity index (χ4n) is 3.91. The Bertz CT molecular complexity index is 791. The van der Waals surface area contributed by atoms with Gasteiger partial charge >= 0.3 is 5.97 Å². The first-order chi connectivity index (χ1) is 14.4. The van der Waals surface area contributed by atoms with Crippen LogP contribution in [0, 0.1) is 19.3 Å². The van der Waals surface area contributed by atoms with Crippen molar-refractivity contribution in [1.82, 2.24) is 9.80 Å². The second-order valence-electron chi connectivity index (χ2n) is 9.40. The molecule has 1 N–H and O–H groups in total. The molecule has 172 valence electrons. The zero-order valence-electron chi connectivity index (χ0n) is 19.9. The van der Waals surface area contributed by atoms with Crippen LogP contribution in [0.5, 0.6) is 0 Å². The molecule has 2 atom stereocenters. The Morgan fingerprint density at radius 1 is 1.10 bits per heavy atom. The largest absolute Gasteiger partial charge is 0.459 e. The SMILES string of the molecule is CCN(CC)CC(=O)O[C@@H]1C[C@@H](C(=O)Nc2cc(C)cc(C)c2)N(C(=O)C(C)(C)C)C1. The lowest BCUT2D eigenvalue weighted by Crippen LogP contribution is -2.47. The fourth-order valence-corrected chi connectivity index (χ4v) is 3.91. The summed E-state index contributed by atoms with van der Waals surface area (Å²) in [7, 11) is 0. The maximum Gasteiger partial charge on any atom is 0.320 e. The monoisotopic (exact) mass is 431 g/mol. The number of likely N-dealkylation sites (N-methyl/N-ethyl adjacent to an activating group) is 1. The highest BCUT2D eigenvalue weighted by Gasteiger charge is 2.44. The van der Waals surface area contributed by atoms with Gasteiger partial charge in [0.05, 0.1) is 13.1 Å². The summed E-state index contributed by atoms with van der Waals surface area (Å²) in [6.45, 7) is 15.3. The van der Waals surface area contributed by atoms with Gasteiger partial charge in [0.1, 0.15) is 12.1 Å². The highest BCUT2D eigenvalue weighted by Crippen LogP contribution is 2.28. The lowest BCUT2D eigenvalue weighted by molar-refractivity contribution is -0.151. The van der Waals surface area contributed by atoms with E-state index < -0.39 is 17.6 Å². The first-order valence-corrected chi connectivity index (χ1v) is 11.1. The quantitative estimate of drug-likeness (QED) is 0.671. The minimum atomic E-state index is -0.682. The molecule has 1 aromatic rings. The van der Waals surface area contributed by atoms with E-state index in [0.29, 0.717) is 12.1 Å². The number of ether oxygens (including phenoxy) is 1. The average molecular weight is 432 g/mol. The third-order valence-corrected chi connectivity index (χ3v) is 5.50. The van der Waals surface area contributed by atoms with Gasteiger partial charge in [-0.1, -0.05) is 40.7 Å². The van der Waals surface area contributed by atoms with Crippen LogP contribution < -0.4 is 5.32 Å². The maximum absolute atomic E-state index is 13.1. The molecule has 2 rings (SSSR count). The number of likely N-dealkylation sites (tertiary alicyclic amines) is 1. The van der Waals surface area contributed by atoms with Gasteiger partial charge in [-0.15, -0.1) is 0 Å². The summed E-state index contributed by atoms with van der Waals surface area (Å²) in [6.07, 6.45) is -0.202. The van der Waals surface area contributed by atoms with Crippen LogP contribution in [-0.4, -0.2) is 65.9 Å². The van der Waals surface area contributed by atoms with Crippen LogP contribution in [-0.2, 0) is 19.1 Å². The van der Waals surface area contributed by atoms with Crippen molar-refractivity contribution in [2.45, 2.75) is 67.0 Å². The number of rotatable bonds is 7. The third-order valence-electron chi connectivity index (χ3n) is 5.50. The Balaban J connectivity index is 2.16. The van der Waals surface area contributed by atoms with Gasteiger partial charge in [0.15, 0.2) is 0 Å². The number of hydrogen-bond donors (Lipinski definition) is 1. The Kier molecular flexibility index (Phi) is 8.23. The summed E-state index contributed by atoms with van der Waals surface area (Å²) >= 11 is 0. The molecule has 0 spiro atoms. The second kappa shape index (κ2) is 10.3. The molecule has 0 bridgehead atoms. The van der Waals surface area contributed by atoms with Crippen molar-refractivity contribution in [1.29, 1.82) is 0 Å². The molecule has 31 heavy (non-hydrogen) atoms. The number of benzene rings is 1. The normalized spacial score (nSPS) is 18.9. The number of carbonyl (C=O) groups is 3. The number of aryl methyl sites for hydroxylation is 2. The van der Waals surface area contributed by atoms with Gasteiger partial charge in [-0.25, -0.2) is 0 Å². The molecule has 0 aromatic heterocycles. The third kappa shape index (κ3) is 6.79. The van der Waals surface area contributed by atoms with Crippen LogP contribution in [0.3, 0.4) is 0 Å². The lowest BCUT2D eigenvalue weighted by atomic mass is 9.94. The highest BCUT2D eigenvalue weighted by atomic mass is 16.5. The zero-order valence-corrected chi connectivity index (χ0v) is 19.9. The van der Waals surface area contributed by atoms with E-state index in [1.807, 2.05) is 71.6 Å². The summed E-state index contributed by atoms with van der Waals surface area (Å²) < 4.78 is 5.65. The molecule has 0 aliphatic carbocycles. The van der Waals surface area contributed by atoms with Crippen LogP contribution in [0.25, 0.3) is 0 Å². The molecule has 7 nitrogen and oxygen atoms in total. The summed E-state index contributed by atoms with van der Waals surface area (Å²) in [6, 6.07) is 5.15. The van der Waals surface area contributed by atoms with Crippen LogP contribution in [0.1, 0.15) is 52.2 Å². The standard InChI is InChI=1S/C24H37N3O4/c1-8-26(9-2)15-21(28)31-19-13-20(27(14-19)23(30)24(5,6)7)22(29)25-18-11-16(3)10-17(4)12-18/h10-12,19-20H,8-9,13-15H2,1-7H3,(H,25,29)/t19-,20+/m1/s1. The minimum absolute atomic E-state index is 0.129. The predicted octanol–water partition coefficient (Wildman–Crippen LogP) is 3.14. The van der Waals surface area contributed by atoms with E-state index in [1.54, 1.807) is 4.90 Å². The van der Waals surface area contributed by atoms with Gasteiger partial charge in [0.2, 0.25) is 11.8 Å². The van der Waals surface area contributed by atoms with Gasteiger partial charge in [-0.3, -0.25) is 19.3 Å². The Morgan fingerprint density at radius 2 is 1.68 bits per heavy atom. The molecule has 0 unspecified atom stereocenters. The number of nitrogens with one attached hydrogen (secondary N) is 1. The van der Waals surface area contributed by atoms with E-state index in [1.165, 1.54) is 0 Å². The molecule has 1 heterocycles. The molecular formula is C24H37N3O4. The minimum Gasteiger partial charge on any atom is -0.459 e. The molecule has 1 aromatic carbocycles. The van der Waals surface area contributed by atoms with Gasteiger partial charge in [-0.2, -0.15) is 0 Å². The van der Waals surface area contributed by atoms with Crippen molar-refractivity contribution in [3.05, 3.63) is 29.3 Å². The summed E-state index contributed by atoms with van der Waals surface area (Å²) in [4.78, 5) is 42.1. The second-order valence-corrected chi connectivity index (χ2v) is 9.40. The average Bonchev–Trinajstić information content (AvgIpc) is 3.07. The molecule has 0 radical (unpaired) electrons. The van der Waals surface area contributed by atoms with Gasteiger partial charge in [0, 0.05) is 17.5 Å². The van der Waals surface area contributed by atoms with E-state index in [-0.39, 0.29) is 30.9 Å². The molecule has 7 heteroatoms. The molecule has 1 aliphatic rings. The number of carbonyl (C=O) groups excluding carboxylic acids is 3. The van der Waals surface area contributed by atoms with E-state index >= 15 is 0 Å². The molecule has 0 saturated carbocycles. The van der Waals surface area contributed by atoms with Crippen molar-refractivity contribution in [2.75, 3.05) is 31.5 Å². The van der Waals surface area contributed by atoms with Crippen LogP contribution in [0.4, 0.5) is 5.69 Å². The maximum atomic E-state index is 13.1. The molecule has 1 saturated heterocycles. The summed E-state index contributed by atoms with van der Waals surface area (Å²) in [5, 5.41) is 2.94. The van der Waals surface area contributed by atoms with Crippen molar-refractivity contribution in [3.63, 3.8) is 0 Å². The topological polar surface area (TPSA) is 79.0 Å². The Morgan fingerprint density at radius 3 is 2.19 bits per heavy atom. The van der Waals surface area contributed by atoms with E-state index in [2.05, 4.69) is 5.32 Å². The number of esters is 1. The zero-order chi connectivity index (χ0) is 23.3. The van der Waals surface area contributed by atoms with Gasteiger partial charge in [-0.05, 0) is 50.2 Å². The van der Waals surface area contributed by atoms with Crippen molar-refractivity contribution >= 4 is 23.5 Å². The molecule has 2 amide bonds. The number of nitrogens with zero attached hydrogens (tertiary/aromatic N) is 2. The summed E-state index contributed by atoms with van der Waals surface area (Å²) in [5.41, 5.74) is 2.16. The number of anilines is 1.